The number of nitrogens with zero attached hydrogens (tertiary/aromatic N) is 2. The highest BCUT2D eigenvalue weighted by atomic mass is 15.3. The van der Waals surface area contributed by atoms with Crippen molar-refractivity contribution in [2.24, 2.45) is 11.7 Å². The minimum Gasteiger partial charge on any atom is -0.321 e. The van der Waals surface area contributed by atoms with E-state index >= 15 is 0 Å². The van der Waals surface area contributed by atoms with Gasteiger partial charge in [0.05, 0.1) is 11.2 Å². The van der Waals surface area contributed by atoms with Crippen LogP contribution in [0, 0.1) is 5.92 Å². The quantitative estimate of drug-likeness (QED) is 0.771. The predicted molar refractivity (Wildman–Crippen MR) is 54.3 cm³/mol. The smallest absolute Gasteiger partial charge is 0.0577 e. The van der Waals surface area contributed by atoms with Crippen molar-refractivity contribution in [2.75, 3.05) is 0 Å². The van der Waals surface area contributed by atoms with E-state index in [0.717, 1.165) is 12.2 Å². The molecule has 1 aromatic heterocycles. The third-order valence-electron chi connectivity index (χ3n) is 1.91. The van der Waals surface area contributed by atoms with Crippen molar-refractivity contribution in [3.05, 3.63) is 18.0 Å². The SMILES string of the molecule is CC(C)Cn1nccc1C(C)(C)N. The number of nitrogens with two attached hydrogens (primary N) is 1. The number of rotatable bonds is 3. The Bertz CT molecular complexity index is 268. The van der Waals surface area contributed by atoms with Gasteiger partial charge in [0.25, 0.3) is 0 Å². The van der Waals surface area contributed by atoms with Crippen molar-refractivity contribution in [2.45, 2.75) is 39.8 Å². The molecule has 3 nitrogen and oxygen atoms in total. The van der Waals surface area contributed by atoms with Crippen molar-refractivity contribution in [3.8, 4) is 0 Å². The van der Waals surface area contributed by atoms with Gasteiger partial charge in [-0.2, -0.15) is 5.10 Å². The molecule has 0 radical (unpaired) electrons. The third-order valence-corrected chi connectivity index (χ3v) is 1.91. The second kappa shape index (κ2) is 3.50. The maximum atomic E-state index is 6.02. The highest BCUT2D eigenvalue weighted by Crippen LogP contribution is 2.16. The molecule has 3 heteroatoms. The highest BCUT2D eigenvalue weighted by Gasteiger charge is 2.19. The monoisotopic (exact) mass is 181 g/mol. The van der Waals surface area contributed by atoms with E-state index in [1.165, 1.54) is 0 Å². The Kier molecular flexibility index (Phi) is 2.76. The predicted octanol–water partition coefficient (Wildman–Crippen LogP) is 1.73. The van der Waals surface area contributed by atoms with Crippen LogP contribution < -0.4 is 5.73 Å². The fourth-order valence-electron chi connectivity index (χ4n) is 1.37. The number of hydrogen-bond donors (Lipinski definition) is 1. The van der Waals surface area contributed by atoms with Gasteiger partial charge in [0.1, 0.15) is 0 Å². The second-order valence-electron chi connectivity index (χ2n) is 4.51. The Labute approximate surface area is 79.9 Å². The Morgan fingerprint density at radius 3 is 2.62 bits per heavy atom. The molecule has 13 heavy (non-hydrogen) atoms. The first-order valence-corrected chi connectivity index (χ1v) is 4.72. The van der Waals surface area contributed by atoms with Crippen molar-refractivity contribution in [1.82, 2.24) is 9.78 Å². The lowest BCUT2D eigenvalue weighted by Crippen LogP contribution is -2.32. The molecule has 0 aliphatic rings. The molecular weight excluding hydrogens is 162 g/mol. The van der Waals surface area contributed by atoms with Gasteiger partial charge in [-0.3, -0.25) is 4.68 Å². The molecule has 2 N–H and O–H groups in total. The summed E-state index contributed by atoms with van der Waals surface area (Å²) < 4.78 is 1.99. The maximum absolute atomic E-state index is 6.02. The number of hydrogen-bond acceptors (Lipinski definition) is 2. The van der Waals surface area contributed by atoms with Crippen LogP contribution in [0.2, 0.25) is 0 Å². The van der Waals surface area contributed by atoms with Gasteiger partial charge in [-0.25, -0.2) is 0 Å². The molecule has 0 spiro atoms. The maximum Gasteiger partial charge on any atom is 0.0577 e. The van der Waals surface area contributed by atoms with Gasteiger partial charge in [0.2, 0.25) is 0 Å². The summed E-state index contributed by atoms with van der Waals surface area (Å²) in [7, 11) is 0. The summed E-state index contributed by atoms with van der Waals surface area (Å²) in [4.78, 5) is 0. The summed E-state index contributed by atoms with van der Waals surface area (Å²) in [5.41, 5.74) is 6.82. The normalized spacial score (nSPS) is 12.5. The van der Waals surface area contributed by atoms with Gasteiger partial charge >= 0.3 is 0 Å². The zero-order valence-corrected chi connectivity index (χ0v) is 8.91. The lowest BCUT2D eigenvalue weighted by Gasteiger charge is -2.21. The molecule has 0 bridgehead atoms. The van der Waals surface area contributed by atoms with Gasteiger partial charge in [-0.15, -0.1) is 0 Å². The molecule has 74 valence electrons. The lowest BCUT2D eigenvalue weighted by molar-refractivity contribution is 0.419. The first-order valence-electron chi connectivity index (χ1n) is 4.72. The van der Waals surface area contributed by atoms with Gasteiger partial charge in [-0.05, 0) is 25.8 Å². The summed E-state index contributed by atoms with van der Waals surface area (Å²) >= 11 is 0. The molecular formula is C10H19N3. The van der Waals surface area contributed by atoms with E-state index in [9.17, 15) is 0 Å². The van der Waals surface area contributed by atoms with Gasteiger partial charge in [0.15, 0.2) is 0 Å². The van der Waals surface area contributed by atoms with E-state index in [0.29, 0.717) is 5.92 Å². The van der Waals surface area contributed by atoms with E-state index in [4.69, 9.17) is 5.73 Å². The first kappa shape index (κ1) is 10.3. The van der Waals surface area contributed by atoms with E-state index in [2.05, 4.69) is 18.9 Å². The Hall–Kier alpha value is -0.830. The minimum absolute atomic E-state index is 0.300. The molecule has 0 aliphatic heterocycles. The minimum atomic E-state index is -0.300. The Balaban J connectivity index is 2.90. The zero-order chi connectivity index (χ0) is 10.1. The molecule has 1 rings (SSSR count). The lowest BCUT2D eigenvalue weighted by atomic mass is 10.0. The molecule has 0 aliphatic carbocycles. The second-order valence-corrected chi connectivity index (χ2v) is 4.51. The Morgan fingerprint density at radius 2 is 2.15 bits per heavy atom. The first-order chi connectivity index (χ1) is 5.91. The van der Waals surface area contributed by atoms with Crippen LogP contribution in [0.1, 0.15) is 33.4 Å². The van der Waals surface area contributed by atoms with Crippen LogP contribution in [-0.2, 0) is 12.1 Å². The van der Waals surface area contributed by atoms with Crippen LogP contribution >= 0.6 is 0 Å². The van der Waals surface area contributed by atoms with E-state index in [1.807, 2.05) is 30.8 Å². The summed E-state index contributed by atoms with van der Waals surface area (Å²) in [5.74, 6) is 0.598. The molecule has 0 amide bonds. The molecule has 0 unspecified atom stereocenters. The summed E-state index contributed by atoms with van der Waals surface area (Å²) in [6.07, 6.45) is 1.81. The van der Waals surface area contributed by atoms with Crippen molar-refractivity contribution in [1.29, 1.82) is 0 Å². The molecule has 1 aromatic rings. The van der Waals surface area contributed by atoms with Gasteiger partial charge < -0.3 is 5.73 Å². The topological polar surface area (TPSA) is 43.8 Å². The van der Waals surface area contributed by atoms with Crippen molar-refractivity contribution < 1.29 is 0 Å². The summed E-state index contributed by atoms with van der Waals surface area (Å²) in [6, 6.07) is 1.99. The molecule has 0 saturated carbocycles. The molecule has 0 aromatic carbocycles. The zero-order valence-electron chi connectivity index (χ0n) is 8.91. The molecule has 0 atom stereocenters. The molecule has 0 saturated heterocycles. The fraction of sp³-hybridized carbons (Fsp3) is 0.700. The Morgan fingerprint density at radius 1 is 1.54 bits per heavy atom. The average molecular weight is 181 g/mol. The average Bonchev–Trinajstić information content (AvgIpc) is 2.31. The third kappa shape index (κ3) is 2.56. The van der Waals surface area contributed by atoms with Gasteiger partial charge in [0, 0.05) is 12.7 Å². The largest absolute Gasteiger partial charge is 0.321 e. The van der Waals surface area contributed by atoms with Gasteiger partial charge in [-0.1, -0.05) is 13.8 Å². The van der Waals surface area contributed by atoms with E-state index in [-0.39, 0.29) is 5.54 Å². The fourth-order valence-corrected chi connectivity index (χ4v) is 1.37. The standard InChI is InChI=1S/C10H19N3/c1-8(2)7-13-9(5-6-12-13)10(3,4)11/h5-6,8H,7,11H2,1-4H3. The van der Waals surface area contributed by atoms with Crippen LogP contribution in [0.25, 0.3) is 0 Å². The molecule has 0 fully saturated rings. The molecule has 1 heterocycles. The van der Waals surface area contributed by atoms with Crippen molar-refractivity contribution in [3.63, 3.8) is 0 Å². The van der Waals surface area contributed by atoms with Crippen LogP contribution in [0.5, 0.6) is 0 Å². The van der Waals surface area contributed by atoms with E-state index < -0.39 is 0 Å². The van der Waals surface area contributed by atoms with Crippen LogP contribution in [0.4, 0.5) is 0 Å². The van der Waals surface area contributed by atoms with Crippen LogP contribution in [0.15, 0.2) is 12.3 Å². The highest BCUT2D eigenvalue weighted by molar-refractivity contribution is 5.11. The number of aromatic nitrogens is 2. The summed E-state index contributed by atoms with van der Waals surface area (Å²) in [6.45, 7) is 9.29. The van der Waals surface area contributed by atoms with Crippen LogP contribution in [0.3, 0.4) is 0 Å². The van der Waals surface area contributed by atoms with E-state index in [1.54, 1.807) is 0 Å². The van der Waals surface area contributed by atoms with Crippen LogP contribution in [-0.4, -0.2) is 9.78 Å². The van der Waals surface area contributed by atoms with Crippen molar-refractivity contribution >= 4 is 0 Å². The summed E-state index contributed by atoms with van der Waals surface area (Å²) in [5, 5.41) is 4.26.